The summed E-state index contributed by atoms with van der Waals surface area (Å²) in [5.74, 6) is -0.153. The van der Waals surface area contributed by atoms with Crippen LogP contribution < -0.4 is 4.74 Å². The Bertz CT molecular complexity index is 1120. The first-order valence-electron chi connectivity index (χ1n) is 8.97. The zero-order valence-electron chi connectivity index (χ0n) is 15.6. The summed E-state index contributed by atoms with van der Waals surface area (Å²) >= 11 is 1.63. The molecule has 0 aliphatic heterocycles. The van der Waals surface area contributed by atoms with Crippen LogP contribution >= 0.6 is 11.3 Å². The lowest BCUT2D eigenvalue weighted by molar-refractivity contribution is -0.128. The third-order valence-corrected chi connectivity index (χ3v) is 5.73. The van der Waals surface area contributed by atoms with Crippen molar-refractivity contribution in [2.75, 3.05) is 7.05 Å². The smallest absolute Gasteiger partial charge is 0.219 e. The number of rotatable bonds is 5. The molecule has 0 spiro atoms. The fourth-order valence-electron chi connectivity index (χ4n) is 3.14. The normalized spacial score (nSPS) is 12.2. The molecule has 28 heavy (non-hydrogen) atoms. The van der Waals surface area contributed by atoms with Crippen molar-refractivity contribution < 1.29 is 9.53 Å². The molecule has 4 aromatic rings. The molecular weight excluding hydrogens is 372 g/mol. The lowest BCUT2D eigenvalue weighted by atomic mass is 9.97. The quantitative estimate of drug-likeness (QED) is 0.445. The number of thiazole rings is 1. The number of nitrogens with zero attached hydrogens (tertiary/aromatic N) is 2. The van der Waals surface area contributed by atoms with Crippen LogP contribution in [0.4, 0.5) is 0 Å². The van der Waals surface area contributed by atoms with Crippen LogP contribution in [-0.4, -0.2) is 23.0 Å². The maximum atomic E-state index is 11.9. The number of para-hydroxylation sites is 1. The third kappa shape index (κ3) is 3.69. The van der Waals surface area contributed by atoms with Crippen molar-refractivity contribution in [2.24, 2.45) is 0 Å². The van der Waals surface area contributed by atoms with Gasteiger partial charge in [0.05, 0.1) is 16.1 Å². The number of hydroxylamine groups is 2. The number of hydrogen-bond acceptors (Lipinski definition) is 5. The van der Waals surface area contributed by atoms with Gasteiger partial charge in [0, 0.05) is 0 Å². The lowest BCUT2D eigenvalue weighted by Crippen LogP contribution is -2.25. The monoisotopic (exact) mass is 391 g/mol. The number of benzene rings is 3. The molecule has 6 heteroatoms. The van der Waals surface area contributed by atoms with E-state index in [4.69, 9.17) is 4.74 Å². The third-order valence-electron chi connectivity index (χ3n) is 4.72. The Morgan fingerprint density at radius 1 is 1.14 bits per heavy atom. The van der Waals surface area contributed by atoms with Crippen LogP contribution in [0.25, 0.3) is 21.0 Å². The molecule has 142 valence electrons. The van der Waals surface area contributed by atoms with Gasteiger partial charge in [0.25, 0.3) is 0 Å². The largest absolute Gasteiger partial charge is 0.756 e. The van der Waals surface area contributed by atoms with Crippen molar-refractivity contribution in [1.29, 1.82) is 0 Å². The van der Waals surface area contributed by atoms with Gasteiger partial charge in [-0.2, -0.15) is 0 Å². The predicted molar refractivity (Wildman–Crippen MR) is 112 cm³/mol. The number of ether oxygens (including phenoxy) is 1. The molecule has 0 aliphatic rings. The number of carbonyl (C=O) groups excluding carboxylic acids is 1. The van der Waals surface area contributed by atoms with Crippen molar-refractivity contribution in [3.05, 3.63) is 76.4 Å². The molecule has 0 N–H and O–H groups in total. The van der Waals surface area contributed by atoms with E-state index >= 15 is 0 Å². The Balaban J connectivity index is 1.51. The highest BCUT2D eigenvalue weighted by Gasteiger charge is 2.15. The van der Waals surface area contributed by atoms with Gasteiger partial charge < -0.3 is 15.0 Å². The molecule has 1 atom stereocenters. The average Bonchev–Trinajstić information content (AvgIpc) is 3.13. The highest BCUT2D eigenvalue weighted by atomic mass is 32.1. The van der Waals surface area contributed by atoms with E-state index in [0.717, 1.165) is 37.3 Å². The van der Waals surface area contributed by atoms with Crippen LogP contribution in [0.3, 0.4) is 0 Å². The summed E-state index contributed by atoms with van der Waals surface area (Å²) in [4.78, 5) is 16.5. The van der Waals surface area contributed by atoms with Gasteiger partial charge in [-0.1, -0.05) is 36.4 Å². The first-order chi connectivity index (χ1) is 13.5. The van der Waals surface area contributed by atoms with Crippen LogP contribution in [0.2, 0.25) is 0 Å². The van der Waals surface area contributed by atoms with E-state index < -0.39 is 11.8 Å². The van der Waals surface area contributed by atoms with Crippen molar-refractivity contribution in [3.8, 4) is 5.75 Å². The fraction of sp³-hybridized carbons (Fsp3) is 0.182. The first-order valence-corrected chi connectivity index (χ1v) is 9.78. The summed E-state index contributed by atoms with van der Waals surface area (Å²) in [6.07, 6.45) is 0. The molecule has 3 aromatic carbocycles. The van der Waals surface area contributed by atoms with Crippen LogP contribution in [0.1, 0.15) is 23.4 Å². The van der Waals surface area contributed by atoms with E-state index in [-0.39, 0.29) is 0 Å². The van der Waals surface area contributed by atoms with Gasteiger partial charge in [-0.05, 0) is 54.6 Å². The molecule has 0 saturated carbocycles. The number of aromatic nitrogens is 1. The molecule has 0 saturated heterocycles. The van der Waals surface area contributed by atoms with E-state index in [1.165, 1.54) is 7.05 Å². The Morgan fingerprint density at radius 3 is 2.68 bits per heavy atom. The van der Waals surface area contributed by atoms with Gasteiger partial charge in [-0.3, -0.25) is 4.79 Å². The molecule has 5 nitrogen and oxygen atoms in total. The molecule has 0 aliphatic carbocycles. The topological polar surface area (TPSA) is 65.5 Å². The molecule has 1 heterocycles. The van der Waals surface area contributed by atoms with Gasteiger partial charge in [-0.25, -0.2) is 4.98 Å². The standard InChI is InChI=1S/C22H19N2O3S/c1-14(22(25)24(2)26)15-7-8-17-12-18(10-9-16(17)11-15)27-13-21-23-19-5-3-4-6-20(19)28-21/h3-12,14H,13H2,1-2H3/q-1. The fourth-order valence-corrected chi connectivity index (χ4v) is 4.02. The minimum atomic E-state index is -0.470. The highest BCUT2D eigenvalue weighted by Crippen LogP contribution is 2.27. The molecule has 1 amide bonds. The number of carbonyl (C=O) groups is 1. The maximum absolute atomic E-state index is 11.9. The Morgan fingerprint density at radius 2 is 1.89 bits per heavy atom. The van der Waals surface area contributed by atoms with Crippen molar-refractivity contribution in [1.82, 2.24) is 10.0 Å². The Labute approximate surface area is 166 Å². The summed E-state index contributed by atoms with van der Waals surface area (Å²) < 4.78 is 7.08. The van der Waals surface area contributed by atoms with E-state index in [0.29, 0.717) is 11.7 Å². The molecule has 0 bridgehead atoms. The zero-order chi connectivity index (χ0) is 19.7. The minimum absolute atomic E-state index is 0.383. The number of amides is 1. The molecule has 0 radical (unpaired) electrons. The Kier molecular flexibility index (Phi) is 4.98. The lowest BCUT2D eigenvalue weighted by Gasteiger charge is -2.26. The average molecular weight is 391 g/mol. The van der Waals surface area contributed by atoms with Crippen molar-refractivity contribution in [3.63, 3.8) is 0 Å². The summed E-state index contributed by atoms with van der Waals surface area (Å²) in [7, 11) is 1.23. The number of hydrogen-bond donors (Lipinski definition) is 0. The number of fused-ring (bicyclic) bond motifs is 2. The minimum Gasteiger partial charge on any atom is -0.756 e. The van der Waals surface area contributed by atoms with Crippen molar-refractivity contribution >= 4 is 38.2 Å². The van der Waals surface area contributed by atoms with Gasteiger partial charge >= 0.3 is 0 Å². The SMILES string of the molecule is CC(C(=O)N(C)[O-])c1ccc2cc(OCc3nc4ccccc4s3)ccc2c1. The first kappa shape index (κ1) is 18.4. The van der Waals surface area contributed by atoms with Gasteiger partial charge in [0.1, 0.15) is 17.4 Å². The highest BCUT2D eigenvalue weighted by molar-refractivity contribution is 7.18. The molecular formula is C22H19N2O3S-. The van der Waals surface area contributed by atoms with Gasteiger partial charge in [0.15, 0.2) is 0 Å². The van der Waals surface area contributed by atoms with Crippen LogP contribution in [0.5, 0.6) is 5.75 Å². The second kappa shape index (κ2) is 7.58. The van der Waals surface area contributed by atoms with Gasteiger partial charge in [-0.15, -0.1) is 11.3 Å². The number of likely N-dealkylation sites (N-methyl/N-ethyl adjacent to an activating group) is 1. The summed E-state index contributed by atoms with van der Waals surface area (Å²) in [6, 6.07) is 19.7. The second-order valence-corrected chi connectivity index (χ2v) is 7.80. The van der Waals surface area contributed by atoms with Crippen LogP contribution in [0, 0.1) is 5.21 Å². The summed E-state index contributed by atoms with van der Waals surface area (Å²) in [5, 5.41) is 14.6. The van der Waals surface area contributed by atoms with Crippen molar-refractivity contribution in [2.45, 2.75) is 19.4 Å². The second-order valence-electron chi connectivity index (χ2n) is 6.69. The Hall–Kier alpha value is -2.96. The molecule has 0 fully saturated rings. The summed E-state index contributed by atoms with van der Waals surface area (Å²) in [6.45, 7) is 2.16. The van der Waals surface area contributed by atoms with Crippen LogP contribution in [-0.2, 0) is 11.4 Å². The zero-order valence-corrected chi connectivity index (χ0v) is 16.4. The van der Waals surface area contributed by atoms with Gasteiger partial charge in [0.2, 0.25) is 5.91 Å². The molecule has 1 aromatic heterocycles. The van der Waals surface area contributed by atoms with E-state index in [9.17, 15) is 10.0 Å². The molecule has 1 unspecified atom stereocenters. The van der Waals surface area contributed by atoms with E-state index in [1.807, 2.05) is 54.6 Å². The van der Waals surface area contributed by atoms with E-state index in [1.54, 1.807) is 18.3 Å². The summed E-state index contributed by atoms with van der Waals surface area (Å²) in [5.41, 5.74) is 1.81. The van der Waals surface area contributed by atoms with E-state index in [2.05, 4.69) is 11.1 Å². The molecule has 4 rings (SSSR count). The predicted octanol–water partition coefficient (Wildman–Crippen LogP) is 5.09. The maximum Gasteiger partial charge on any atom is 0.219 e. The van der Waals surface area contributed by atoms with Crippen LogP contribution in [0.15, 0.2) is 60.7 Å².